The molecule has 0 fully saturated rings. The van der Waals surface area contributed by atoms with Gasteiger partial charge in [0.1, 0.15) is 11.8 Å². The highest BCUT2D eigenvalue weighted by molar-refractivity contribution is 7.88. The van der Waals surface area contributed by atoms with Gasteiger partial charge in [-0.1, -0.05) is 5.16 Å². The van der Waals surface area contributed by atoms with Gasteiger partial charge in [0.2, 0.25) is 5.76 Å². The fourth-order valence-corrected chi connectivity index (χ4v) is 2.20. The normalized spacial score (nSPS) is 11.7. The lowest BCUT2D eigenvalue weighted by Gasteiger charge is -2.10. The van der Waals surface area contributed by atoms with Crippen LogP contribution < -0.4 is 4.18 Å². The molecule has 0 aliphatic rings. The van der Waals surface area contributed by atoms with Crippen molar-refractivity contribution in [1.82, 2.24) is 5.16 Å². The number of ether oxygens (including phenoxy) is 1. The third kappa shape index (κ3) is 3.94. The second-order valence-electron chi connectivity index (χ2n) is 4.60. The summed E-state index contributed by atoms with van der Waals surface area (Å²) in [5, 5.41) is 12.6. The Morgan fingerprint density at radius 3 is 2.62 bits per heavy atom. The molecule has 0 unspecified atom stereocenters. The molecule has 0 saturated carbocycles. The Kier molecular flexibility index (Phi) is 5.22. The molecule has 138 valence electrons. The number of nitriles is 1. The van der Waals surface area contributed by atoms with Gasteiger partial charge in [0.05, 0.1) is 12.2 Å². The summed E-state index contributed by atoms with van der Waals surface area (Å²) in [4.78, 5) is 11.5. The van der Waals surface area contributed by atoms with E-state index in [0.717, 1.165) is 18.2 Å². The van der Waals surface area contributed by atoms with Gasteiger partial charge < -0.3 is 13.4 Å². The summed E-state index contributed by atoms with van der Waals surface area (Å²) in [5.41, 5.74) is -5.87. The first kappa shape index (κ1) is 19.3. The second-order valence-corrected chi connectivity index (χ2v) is 6.14. The Hall–Kier alpha value is -3.07. The highest BCUT2D eigenvalue weighted by atomic mass is 32.2. The summed E-state index contributed by atoms with van der Waals surface area (Å²) in [5.74, 6) is -1.80. The number of benzene rings is 1. The number of aromatic nitrogens is 1. The number of carbonyl (C=O) groups is 1. The van der Waals surface area contributed by atoms with E-state index in [-0.39, 0.29) is 23.6 Å². The van der Waals surface area contributed by atoms with Gasteiger partial charge in [0, 0.05) is 11.6 Å². The number of carbonyl (C=O) groups excluding carboxylic acids is 1. The molecular weight excluding hydrogens is 381 g/mol. The molecule has 0 aliphatic heterocycles. The van der Waals surface area contributed by atoms with Crippen molar-refractivity contribution in [3.63, 3.8) is 0 Å². The second kappa shape index (κ2) is 7.04. The average Bonchev–Trinajstić information content (AvgIpc) is 3.04. The molecule has 12 heteroatoms. The zero-order valence-electron chi connectivity index (χ0n) is 12.9. The van der Waals surface area contributed by atoms with E-state index in [1.54, 1.807) is 6.92 Å². The highest BCUT2D eigenvalue weighted by Gasteiger charge is 2.48. The van der Waals surface area contributed by atoms with Gasteiger partial charge in [0.15, 0.2) is 5.75 Å². The molecule has 0 saturated heterocycles. The van der Waals surface area contributed by atoms with Crippen LogP contribution in [0.1, 0.15) is 23.0 Å². The van der Waals surface area contributed by atoms with Crippen molar-refractivity contribution in [2.45, 2.75) is 12.4 Å². The van der Waals surface area contributed by atoms with Crippen LogP contribution in [-0.2, 0) is 14.9 Å². The number of hydrogen-bond donors (Lipinski definition) is 0. The lowest BCUT2D eigenvalue weighted by molar-refractivity contribution is -0.0500. The van der Waals surface area contributed by atoms with Gasteiger partial charge in [-0.3, -0.25) is 0 Å². The van der Waals surface area contributed by atoms with Crippen molar-refractivity contribution >= 4 is 16.1 Å². The van der Waals surface area contributed by atoms with E-state index in [2.05, 4.69) is 9.34 Å². The average molecular weight is 390 g/mol. The van der Waals surface area contributed by atoms with Crippen molar-refractivity contribution in [2.75, 3.05) is 6.61 Å². The first-order valence-electron chi connectivity index (χ1n) is 6.78. The predicted molar refractivity (Wildman–Crippen MR) is 78.2 cm³/mol. The summed E-state index contributed by atoms with van der Waals surface area (Å²) in [7, 11) is -5.92. The van der Waals surface area contributed by atoms with Crippen molar-refractivity contribution in [1.29, 1.82) is 5.26 Å². The van der Waals surface area contributed by atoms with E-state index < -0.39 is 32.9 Å². The maximum absolute atomic E-state index is 12.4. The number of hydrogen-bond acceptors (Lipinski definition) is 8. The van der Waals surface area contributed by atoms with Crippen LogP contribution in [0.2, 0.25) is 0 Å². The van der Waals surface area contributed by atoms with E-state index in [0.29, 0.717) is 0 Å². The van der Waals surface area contributed by atoms with Gasteiger partial charge >= 0.3 is 21.6 Å². The smallest absolute Gasteiger partial charge is 0.460 e. The Balaban J connectivity index is 2.35. The zero-order chi connectivity index (χ0) is 19.5. The summed E-state index contributed by atoms with van der Waals surface area (Å²) in [6, 6.07) is 5.76. The number of halogens is 3. The number of esters is 1. The van der Waals surface area contributed by atoms with Gasteiger partial charge in [-0.15, -0.1) is 0 Å². The first-order valence-corrected chi connectivity index (χ1v) is 8.19. The van der Waals surface area contributed by atoms with Gasteiger partial charge in [0.25, 0.3) is 0 Å². The number of nitrogens with zero attached hydrogens (tertiary/aromatic N) is 2. The van der Waals surface area contributed by atoms with Gasteiger partial charge in [-0.25, -0.2) is 4.79 Å². The molecule has 1 aromatic carbocycles. The molecular formula is C14H9F3N2O6S. The Morgan fingerprint density at radius 2 is 2.04 bits per heavy atom. The van der Waals surface area contributed by atoms with E-state index in [4.69, 9.17) is 14.5 Å². The van der Waals surface area contributed by atoms with Gasteiger partial charge in [-0.2, -0.15) is 26.9 Å². The molecule has 2 rings (SSSR count). The third-order valence-electron chi connectivity index (χ3n) is 2.87. The molecule has 8 nitrogen and oxygen atoms in total. The topological polar surface area (TPSA) is 119 Å². The largest absolute Gasteiger partial charge is 0.534 e. The van der Waals surface area contributed by atoms with Crippen molar-refractivity contribution in [3.8, 4) is 23.1 Å². The fourth-order valence-electron chi connectivity index (χ4n) is 1.72. The first-order chi connectivity index (χ1) is 12.1. The fraction of sp³-hybridized carbons (Fsp3) is 0.214. The molecule has 1 aromatic heterocycles. The molecule has 2 aromatic rings. The quantitative estimate of drug-likeness (QED) is 0.434. The van der Waals surface area contributed by atoms with Crippen molar-refractivity contribution < 1.29 is 39.8 Å². The third-order valence-corrected chi connectivity index (χ3v) is 3.83. The summed E-state index contributed by atoms with van der Waals surface area (Å²) < 4.78 is 72.7. The minimum Gasteiger partial charge on any atom is -0.460 e. The van der Waals surface area contributed by atoms with Crippen LogP contribution >= 0.6 is 0 Å². The zero-order valence-corrected chi connectivity index (χ0v) is 13.7. The molecule has 1 heterocycles. The Labute approximate surface area is 144 Å². The lowest BCUT2D eigenvalue weighted by Crippen LogP contribution is -2.28. The molecule has 0 radical (unpaired) electrons. The molecule has 0 bridgehead atoms. The summed E-state index contributed by atoms with van der Waals surface area (Å²) in [6.07, 6.45) is 0. The maximum Gasteiger partial charge on any atom is 0.534 e. The summed E-state index contributed by atoms with van der Waals surface area (Å²) >= 11 is 0. The van der Waals surface area contributed by atoms with E-state index >= 15 is 0 Å². The van der Waals surface area contributed by atoms with Crippen LogP contribution in [0.15, 0.2) is 28.8 Å². The molecule has 0 spiro atoms. The Morgan fingerprint density at radius 1 is 1.35 bits per heavy atom. The van der Waals surface area contributed by atoms with Gasteiger partial charge in [-0.05, 0) is 25.1 Å². The van der Waals surface area contributed by atoms with E-state index in [1.165, 1.54) is 12.1 Å². The van der Waals surface area contributed by atoms with Crippen molar-refractivity contribution in [2.24, 2.45) is 0 Å². The van der Waals surface area contributed by atoms with Crippen LogP contribution in [0.25, 0.3) is 11.3 Å². The van der Waals surface area contributed by atoms with Crippen LogP contribution in [0, 0.1) is 11.3 Å². The molecule has 0 N–H and O–H groups in total. The minimum atomic E-state index is -5.92. The Bertz CT molecular complexity index is 975. The molecule has 26 heavy (non-hydrogen) atoms. The maximum atomic E-state index is 12.4. The van der Waals surface area contributed by atoms with Crippen molar-refractivity contribution in [3.05, 3.63) is 35.6 Å². The standard InChI is InChI=1S/C14H9F3N2O6S/c1-2-23-13(20)12-6-10(19-24-12)8-3-4-11(9(5-8)7-18)25-26(21,22)14(15,16)17/h3-6H,2H2,1H3. The predicted octanol–water partition coefficient (Wildman–Crippen LogP) is 2.62. The van der Waals surface area contributed by atoms with Crippen LogP contribution in [0.4, 0.5) is 13.2 Å². The monoisotopic (exact) mass is 390 g/mol. The van der Waals surface area contributed by atoms with E-state index in [9.17, 15) is 26.4 Å². The number of alkyl halides is 3. The molecule has 0 atom stereocenters. The number of rotatable bonds is 5. The van der Waals surface area contributed by atoms with E-state index in [1.807, 2.05) is 0 Å². The minimum absolute atomic E-state index is 0.0785. The lowest BCUT2D eigenvalue weighted by atomic mass is 10.1. The highest BCUT2D eigenvalue weighted by Crippen LogP contribution is 2.31. The van der Waals surface area contributed by atoms with Crippen LogP contribution in [0.3, 0.4) is 0 Å². The molecule has 0 amide bonds. The van der Waals surface area contributed by atoms with Crippen LogP contribution in [0.5, 0.6) is 5.75 Å². The summed E-state index contributed by atoms with van der Waals surface area (Å²) in [6.45, 7) is 1.69. The molecule has 0 aliphatic carbocycles. The SMILES string of the molecule is CCOC(=O)c1cc(-c2ccc(OS(=O)(=O)C(F)(F)F)c(C#N)c2)no1. The van der Waals surface area contributed by atoms with Crippen LogP contribution in [-0.4, -0.2) is 31.7 Å².